The van der Waals surface area contributed by atoms with Gasteiger partial charge in [-0.2, -0.15) is 0 Å². The van der Waals surface area contributed by atoms with Gasteiger partial charge in [0.2, 0.25) is 0 Å². The normalized spacial score (nSPS) is 16.9. The Labute approximate surface area is 92.0 Å². The second-order valence-electron chi connectivity index (χ2n) is 3.33. The monoisotopic (exact) mass is 196 g/mol. The van der Waals surface area contributed by atoms with Gasteiger partial charge in [-0.1, -0.05) is 79.0 Å². The first-order valence-corrected chi connectivity index (χ1v) is 5.01. The van der Waals surface area contributed by atoms with Gasteiger partial charge in [-0.3, -0.25) is 0 Å². The maximum Gasteiger partial charge on any atom is -0.0329 e. The number of allylic oxidation sites excluding steroid dienone is 13. The minimum atomic E-state index is 0.995. The van der Waals surface area contributed by atoms with Gasteiger partial charge in [0.05, 0.1) is 0 Å². The highest BCUT2D eigenvalue weighted by molar-refractivity contribution is 5.34. The zero-order valence-corrected chi connectivity index (χ0v) is 9.06. The zero-order chi connectivity index (χ0) is 10.9. The second-order valence-corrected chi connectivity index (χ2v) is 3.33. The van der Waals surface area contributed by atoms with Crippen molar-refractivity contribution in [3.05, 3.63) is 84.6 Å². The van der Waals surface area contributed by atoms with Crippen molar-refractivity contribution >= 4 is 0 Å². The molecule has 76 valence electrons. The molecule has 0 spiro atoms. The largest absolute Gasteiger partial charge is 0.0918 e. The molecule has 1 aliphatic carbocycles. The lowest BCUT2D eigenvalue weighted by Crippen LogP contribution is -1.66. The van der Waals surface area contributed by atoms with Gasteiger partial charge in [0.1, 0.15) is 0 Å². The molecular weight excluding hydrogens is 180 g/mol. The van der Waals surface area contributed by atoms with E-state index in [2.05, 4.69) is 25.7 Å². The molecule has 0 aliphatic heterocycles. The lowest BCUT2D eigenvalue weighted by molar-refractivity contribution is 1.52. The minimum absolute atomic E-state index is 0.995. The highest BCUT2D eigenvalue weighted by atomic mass is 13.9. The first-order chi connectivity index (χ1) is 7.29. The molecule has 0 bridgehead atoms. The summed E-state index contributed by atoms with van der Waals surface area (Å²) in [5, 5.41) is 0. The van der Waals surface area contributed by atoms with Crippen LogP contribution in [0.25, 0.3) is 0 Å². The van der Waals surface area contributed by atoms with E-state index in [1.165, 1.54) is 5.57 Å². The summed E-state index contributed by atoms with van der Waals surface area (Å²) < 4.78 is 0. The van der Waals surface area contributed by atoms with Crippen LogP contribution >= 0.6 is 0 Å². The van der Waals surface area contributed by atoms with E-state index in [-0.39, 0.29) is 0 Å². The van der Waals surface area contributed by atoms with Gasteiger partial charge >= 0.3 is 0 Å². The Balaban J connectivity index is 2.87. The van der Waals surface area contributed by atoms with Gasteiger partial charge in [0, 0.05) is 0 Å². The lowest BCUT2D eigenvalue weighted by Gasteiger charge is -1.87. The molecule has 0 saturated heterocycles. The Morgan fingerprint density at radius 2 is 1.27 bits per heavy atom. The molecule has 0 aromatic heterocycles. The van der Waals surface area contributed by atoms with Crippen LogP contribution in [0, 0.1) is 0 Å². The van der Waals surface area contributed by atoms with Crippen molar-refractivity contribution in [1.29, 1.82) is 0 Å². The van der Waals surface area contributed by atoms with E-state index in [4.69, 9.17) is 0 Å². The maximum atomic E-state index is 3.91. The molecule has 0 heteroatoms. The van der Waals surface area contributed by atoms with Crippen molar-refractivity contribution in [3.63, 3.8) is 0 Å². The summed E-state index contributed by atoms with van der Waals surface area (Å²) in [4.78, 5) is 0. The van der Waals surface area contributed by atoms with Crippen molar-refractivity contribution in [1.82, 2.24) is 0 Å². The average molecular weight is 196 g/mol. The standard InChI is InChI=1S/C15H16/c1-14-10-6-4-3-5-7-11-15(2)13-9-8-12-14/h3-13H,1H2,2H3. The van der Waals surface area contributed by atoms with Crippen LogP contribution in [0.15, 0.2) is 84.6 Å². The lowest BCUT2D eigenvalue weighted by atomic mass is 10.2. The fourth-order valence-corrected chi connectivity index (χ4v) is 1.08. The molecule has 1 aliphatic rings. The second kappa shape index (κ2) is 6.61. The van der Waals surface area contributed by atoms with E-state index in [9.17, 15) is 0 Å². The zero-order valence-electron chi connectivity index (χ0n) is 9.06. The van der Waals surface area contributed by atoms with Gasteiger partial charge in [-0.15, -0.1) is 0 Å². The summed E-state index contributed by atoms with van der Waals surface area (Å²) in [7, 11) is 0. The molecule has 0 amide bonds. The molecule has 0 N–H and O–H groups in total. The van der Waals surface area contributed by atoms with Crippen LogP contribution in [0.4, 0.5) is 0 Å². The van der Waals surface area contributed by atoms with Gasteiger partial charge in [-0.05, 0) is 12.5 Å². The molecule has 0 atom stereocenters. The molecule has 0 aromatic carbocycles. The molecule has 0 heterocycles. The molecule has 0 unspecified atom stereocenters. The Morgan fingerprint density at radius 1 is 0.733 bits per heavy atom. The molecule has 0 nitrogen and oxygen atoms in total. The van der Waals surface area contributed by atoms with Crippen LogP contribution in [0.3, 0.4) is 0 Å². The number of hydrogen-bond donors (Lipinski definition) is 0. The van der Waals surface area contributed by atoms with Gasteiger partial charge in [-0.25, -0.2) is 0 Å². The van der Waals surface area contributed by atoms with E-state index in [0.717, 1.165) is 5.57 Å². The van der Waals surface area contributed by atoms with Crippen molar-refractivity contribution in [2.75, 3.05) is 0 Å². The maximum absolute atomic E-state index is 3.91. The third-order valence-corrected chi connectivity index (χ3v) is 1.89. The first-order valence-electron chi connectivity index (χ1n) is 5.01. The Hall–Kier alpha value is -1.82. The van der Waals surface area contributed by atoms with E-state index < -0.39 is 0 Å². The first kappa shape index (κ1) is 11.3. The molecule has 1 rings (SSSR count). The fraction of sp³-hybridized carbons (Fsp3) is 0.0667. The van der Waals surface area contributed by atoms with Crippen molar-refractivity contribution in [3.8, 4) is 0 Å². The van der Waals surface area contributed by atoms with E-state index in [0.29, 0.717) is 0 Å². The van der Waals surface area contributed by atoms with Crippen molar-refractivity contribution < 1.29 is 0 Å². The molecule has 0 saturated carbocycles. The Morgan fingerprint density at radius 3 is 2.07 bits per heavy atom. The highest BCUT2D eigenvalue weighted by Crippen LogP contribution is 2.00. The van der Waals surface area contributed by atoms with E-state index in [1.807, 2.05) is 54.7 Å². The van der Waals surface area contributed by atoms with Crippen LogP contribution in [0.1, 0.15) is 6.92 Å². The minimum Gasteiger partial charge on any atom is -0.0918 e. The molecule has 0 aromatic rings. The summed E-state index contributed by atoms with van der Waals surface area (Å²) in [6.45, 7) is 5.99. The van der Waals surface area contributed by atoms with Gasteiger partial charge in [0.15, 0.2) is 0 Å². The predicted molar refractivity (Wildman–Crippen MR) is 68.6 cm³/mol. The van der Waals surface area contributed by atoms with Crippen molar-refractivity contribution in [2.24, 2.45) is 0 Å². The Bertz CT molecular complexity index is 382. The fourth-order valence-electron chi connectivity index (χ4n) is 1.08. The molecule has 0 radical (unpaired) electrons. The number of hydrogen-bond acceptors (Lipinski definition) is 0. The summed E-state index contributed by atoms with van der Waals surface area (Å²) >= 11 is 0. The average Bonchev–Trinajstić information content (AvgIpc) is 2.23. The van der Waals surface area contributed by atoms with Crippen molar-refractivity contribution in [2.45, 2.75) is 6.92 Å². The predicted octanol–water partition coefficient (Wildman–Crippen LogP) is 4.28. The van der Waals surface area contributed by atoms with Gasteiger partial charge < -0.3 is 0 Å². The smallest absolute Gasteiger partial charge is 0.0329 e. The van der Waals surface area contributed by atoms with Crippen LogP contribution in [0.5, 0.6) is 0 Å². The molecular formula is C15H16. The third kappa shape index (κ3) is 5.48. The van der Waals surface area contributed by atoms with Gasteiger partial charge in [0.25, 0.3) is 0 Å². The van der Waals surface area contributed by atoms with Crippen LogP contribution in [-0.2, 0) is 0 Å². The molecule has 15 heavy (non-hydrogen) atoms. The SMILES string of the molecule is C=C1C=CC=CC=CC=C(C)C=CC=C1. The van der Waals surface area contributed by atoms with E-state index >= 15 is 0 Å². The van der Waals surface area contributed by atoms with Crippen LogP contribution in [-0.4, -0.2) is 0 Å². The topological polar surface area (TPSA) is 0 Å². The summed E-state index contributed by atoms with van der Waals surface area (Å²) in [6, 6.07) is 0. The van der Waals surface area contributed by atoms with E-state index in [1.54, 1.807) is 0 Å². The summed E-state index contributed by atoms with van der Waals surface area (Å²) in [6.07, 6.45) is 22.1. The quantitative estimate of drug-likeness (QED) is 0.542. The Kier molecular flexibility index (Phi) is 4.96. The third-order valence-electron chi connectivity index (χ3n) is 1.89. The van der Waals surface area contributed by atoms with Crippen LogP contribution < -0.4 is 0 Å². The summed E-state index contributed by atoms with van der Waals surface area (Å²) in [5.74, 6) is 0. The van der Waals surface area contributed by atoms with Crippen LogP contribution in [0.2, 0.25) is 0 Å². The highest BCUT2D eigenvalue weighted by Gasteiger charge is 1.79. The molecule has 0 fully saturated rings. The number of rotatable bonds is 0. The summed E-state index contributed by atoms with van der Waals surface area (Å²) in [5.41, 5.74) is 2.22.